The molecule has 6 heteroatoms. The van der Waals surface area contributed by atoms with Crippen molar-refractivity contribution >= 4 is 10.9 Å². The topological polar surface area (TPSA) is 64.3 Å². The first kappa shape index (κ1) is 20.9. The van der Waals surface area contributed by atoms with Crippen molar-refractivity contribution in [2.24, 2.45) is 5.73 Å². The third-order valence-electron chi connectivity index (χ3n) is 5.02. The second-order valence-electron chi connectivity index (χ2n) is 7.73. The van der Waals surface area contributed by atoms with Gasteiger partial charge in [0.2, 0.25) is 0 Å². The minimum absolute atomic E-state index is 0.244. The Labute approximate surface area is 181 Å². The average molecular weight is 417 g/mol. The smallest absolute Gasteiger partial charge is 0.146 e. The van der Waals surface area contributed by atoms with Gasteiger partial charge in [-0.05, 0) is 81.7 Å². The predicted molar refractivity (Wildman–Crippen MR) is 122 cm³/mol. The van der Waals surface area contributed by atoms with Crippen LogP contribution in [0.5, 0.6) is 11.5 Å². The number of nitrogens with zero attached hydrogens (tertiary/aromatic N) is 3. The second-order valence-corrected chi connectivity index (χ2v) is 7.73. The van der Waals surface area contributed by atoms with Crippen LogP contribution in [0.3, 0.4) is 0 Å². The molecule has 158 valence electrons. The van der Waals surface area contributed by atoms with E-state index in [1.807, 2.05) is 62.6 Å². The lowest BCUT2D eigenvalue weighted by atomic mass is 10.1. The molecule has 2 N–H and O–H groups in total. The summed E-state index contributed by atoms with van der Waals surface area (Å²) in [5.74, 6) is 1.59. The fourth-order valence-electron chi connectivity index (χ4n) is 3.33. The Bertz CT molecular complexity index is 1160. The average Bonchev–Trinajstić information content (AvgIpc) is 2.79. The summed E-state index contributed by atoms with van der Waals surface area (Å²) in [6.45, 7) is 0.863. The van der Waals surface area contributed by atoms with Crippen molar-refractivity contribution in [1.82, 2.24) is 14.9 Å². The second kappa shape index (κ2) is 9.20. The first-order valence-corrected chi connectivity index (χ1v) is 10.2. The van der Waals surface area contributed by atoms with Crippen LogP contribution in [0, 0.1) is 5.82 Å². The summed E-state index contributed by atoms with van der Waals surface area (Å²) in [6.07, 6.45) is 0.773. The van der Waals surface area contributed by atoms with E-state index >= 15 is 0 Å². The van der Waals surface area contributed by atoms with E-state index in [1.54, 1.807) is 12.1 Å². The lowest BCUT2D eigenvalue weighted by molar-refractivity contribution is 0.379. The zero-order valence-electron chi connectivity index (χ0n) is 17.6. The van der Waals surface area contributed by atoms with E-state index in [2.05, 4.69) is 4.90 Å². The summed E-state index contributed by atoms with van der Waals surface area (Å²) in [6, 6.07) is 21.3. The molecule has 31 heavy (non-hydrogen) atoms. The number of benzene rings is 3. The van der Waals surface area contributed by atoms with Crippen LogP contribution in [0.1, 0.15) is 18.3 Å². The number of para-hydroxylation sites is 1. The number of hydrogen-bond donors (Lipinski definition) is 1. The van der Waals surface area contributed by atoms with E-state index in [0.717, 1.165) is 35.1 Å². The van der Waals surface area contributed by atoms with Gasteiger partial charge in [-0.25, -0.2) is 14.4 Å². The predicted octanol–water partition coefficient (Wildman–Crippen LogP) is 5.18. The van der Waals surface area contributed by atoms with Crippen LogP contribution in [0.25, 0.3) is 22.2 Å². The first-order valence-electron chi connectivity index (χ1n) is 10.2. The summed E-state index contributed by atoms with van der Waals surface area (Å²) in [5.41, 5.74) is 9.07. The van der Waals surface area contributed by atoms with E-state index in [9.17, 15) is 4.39 Å². The van der Waals surface area contributed by atoms with E-state index in [4.69, 9.17) is 20.4 Å². The molecule has 1 unspecified atom stereocenters. The molecule has 0 bridgehead atoms. The molecule has 0 radical (unpaired) electrons. The summed E-state index contributed by atoms with van der Waals surface area (Å²) in [7, 11) is 4.05. The van der Waals surface area contributed by atoms with Gasteiger partial charge in [-0.15, -0.1) is 0 Å². The molecule has 0 aliphatic heterocycles. The lowest BCUT2D eigenvalue weighted by Crippen LogP contribution is -2.22. The molecule has 0 aliphatic rings. The zero-order valence-corrected chi connectivity index (χ0v) is 17.6. The lowest BCUT2D eigenvalue weighted by Gasteiger charge is -2.16. The number of aromatic nitrogens is 2. The fourth-order valence-corrected chi connectivity index (χ4v) is 3.33. The van der Waals surface area contributed by atoms with Crippen LogP contribution in [0.4, 0.5) is 4.39 Å². The van der Waals surface area contributed by atoms with Gasteiger partial charge in [0.15, 0.2) is 0 Å². The molecule has 5 nitrogen and oxygen atoms in total. The van der Waals surface area contributed by atoms with Gasteiger partial charge in [-0.3, -0.25) is 0 Å². The molecule has 0 amide bonds. The Balaban J connectivity index is 1.65. The molecule has 0 spiro atoms. The summed E-state index contributed by atoms with van der Waals surface area (Å²) < 4.78 is 18.9. The molecule has 0 saturated heterocycles. The SMILES string of the molecule is CN(C)CCC(N)c1nc(-c2ccc(Oc3ccc(F)cc3)cc2)c2ccccc2n1. The highest BCUT2D eigenvalue weighted by Crippen LogP contribution is 2.30. The quantitative estimate of drug-likeness (QED) is 0.450. The molecule has 0 fully saturated rings. The largest absolute Gasteiger partial charge is 0.457 e. The third-order valence-corrected chi connectivity index (χ3v) is 5.02. The standard InChI is InChI=1S/C25H25FN4O/c1-30(2)16-15-22(27)25-28-23-6-4-3-5-21(23)24(29-25)17-7-11-19(12-8-17)31-20-13-9-18(26)10-14-20/h3-14,22H,15-16,27H2,1-2H3. The van der Waals surface area contributed by atoms with Crippen LogP contribution < -0.4 is 10.5 Å². The number of rotatable bonds is 7. The van der Waals surface area contributed by atoms with Crippen molar-refractivity contribution in [3.63, 3.8) is 0 Å². The molecule has 0 aliphatic carbocycles. The maximum Gasteiger partial charge on any atom is 0.146 e. The van der Waals surface area contributed by atoms with E-state index in [1.165, 1.54) is 12.1 Å². The molecule has 1 atom stereocenters. The van der Waals surface area contributed by atoms with Crippen LogP contribution in [-0.2, 0) is 0 Å². The Morgan fingerprint density at radius 2 is 1.55 bits per heavy atom. The van der Waals surface area contributed by atoms with Crippen LogP contribution in [-0.4, -0.2) is 35.5 Å². The molecule has 1 heterocycles. The molecular formula is C25H25FN4O. The van der Waals surface area contributed by atoms with Gasteiger partial charge < -0.3 is 15.4 Å². The van der Waals surface area contributed by atoms with Crippen molar-refractivity contribution in [3.8, 4) is 22.8 Å². The van der Waals surface area contributed by atoms with Gasteiger partial charge >= 0.3 is 0 Å². The molecule has 4 aromatic rings. The van der Waals surface area contributed by atoms with Gasteiger partial charge in [0.25, 0.3) is 0 Å². The number of hydrogen-bond acceptors (Lipinski definition) is 5. The van der Waals surface area contributed by atoms with E-state index < -0.39 is 0 Å². The Hall–Kier alpha value is -3.35. The molecule has 0 saturated carbocycles. The molecule has 4 rings (SSSR count). The Morgan fingerprint density at radius 1 is 0.903 bits per heavy atom. The van der Waals surface area contributed by atoms with Crippen LogP contribution in [0.2, 0.25) is 0 Å². The van der Waals surface area contributed by atoms with E-state index in [0.29, 0.717) is 17.3 Å². The van der Waals surface area contributed by atoms with Gasteiger partial charge in [-0.2, -0.15) is 0 Å². The molecule has 1 aromatic heterocycles. The Morgan fingerprint density at radius 3 is 2.23 bits per heavy atom. The third kappa shape index (κ3) is 5.05. The normalized spacial score (nSPS) is 12.3. The van der Waals surface area contributed by atoms with Crippen molar-refractivity contribution in [3.05, 3.63) is 84.4 Å². The van der Waals surface area contributed by atoms with Gasteiger partial charge in [0, 0.05) is 10.9 Å². The van der Waals surface area contributed by atoms with Crippen LogP contribution >= 0.6 is 0 Å². The number of halogens is 1. The van der Waals surface area contributed by atoms with Gasteiger partial charge in [0.1, 0.15) is 23.1 Å². The first-order chi connectivity index (χ1) is 15.0. The highest BCUT2D eigenvalue weighted by atomic mass is 19.1. The highest BCUT2D eigenvalue weighted by Gasteiger charge is 2.15. The van der Waals surface area contributed by atoms with Crippen molar-refractivity contribution in [2.75, 3.05) is 20.6 Å². The fraction of sp³-hybridized carbons (Fsp3) is 0.200. The number of nitrogens with two attached hydrogens (primary N) is 1. The number of fused-ring (bicyclic) bond motifs is 1. The minimum atomic E-state index is -0.294. The maximum atomic E-state index is 13.1. The van der Waals surface area contributed by atoms with Crippen LogP contribution in [0.15, 0.2) is 72.8 Å². The van der Waals surface area contributed by atoms with Gasteiger partial charge in [0.05, 0.1) is 17.3 Å². The highest BCUT2D eigenvalue weighted by molar-refractivity contribution is 5.92. The Kier molecular flexibility index (Phi) is 6.21. The zero-order chi connectivity index (χ0) is 21.8. The molecular weight excluding hydrogens is 391 g/mol. The maximum absolute atomic E-state index is 13.1. The summed E-state index contributed by atoms with van der Waals surface area (Å²) in [5, 5.41) is 0.971. The monoisotopic (exact) mass is 416 g/mol. The summed E-state index contributed by atoms with van der Waals surface area (Å²) >= 11 is 0. The molecule has 3 aromatic carbocycles. The van der Waals surface area contributed by atoms with Crippen molar-refractivity contribution in [1.29, 1.82) is 0 Å². The van der Waals surface area contributed by atoms with E-state index in [-0.39, 0.29) is 11.9 Å². The van der Waals surface area contributed by atoms with Crippen molar-refractivity contribution in [2.45, 2.75) is 12.5 Å². The van der Waals surface area contributed by atoms with Crippen molar-refractivity contribution < 1.29 is 9.13 Å². The number of ether oxygens (including phenoxy) is 1. The van der Waals surface area contributed by atoms with Gasteiger partial charge in [-0.1, -0.05) is 18.2 Å². The summed E-state index contributed by atoms with van der Waals surface area (Å²) in [4.78, 5) is 11.6. The minimum Gasteiger partial charge on any atom is -0.457 e.